The molecule has 2 aliphatic carbocycles. The van der Waals surface area contributed by atoms with Crippen LogP contribution in [-0.4, -0.2) is 0 Å². The van der Waals surface area contributed by atoms with E-state index in [0.717, 1.165) is 0 Å². The van der Waals surface area contributed by atoms with Crippen molar-refractivity contribution >= 4 is 0 Å². The van der Waals surface area contributed by atoms with Gasteiger partial charge in [-0.25, -0.2) is 0 Å². The molecule has 8 aromatic carbocycles. The van der Waals surface area contributed by atoms with Crippen LogP contribution >= 0.6 is 0 Å². The van der Waals surface area contributed by atoms with E-state index in [0.29, 0.717) is 0 Å². The largest absolute Gasteiger partial charge is 0.0713 e. The molecule has 0 N–H and O–H groups in total. The van der Waals surface area contributed by atoms with Crippen molar-refractivity contribution in [2.75, 3.05) is 0 Å². The van der Waals surface area contributed by atoms with Crippen molar-refractivity contribution in [1.29, 1.82) is 0 Å². The van der Waals surface area contributed by atoms with Crippen molar-refractivity contribution < 1.29 is 0 Å². The smallest absolute Gasteiger partial charge is 0.0622 e. The van der Waals surface area contributed by atoms with Crippen LogP contribution in [0.2, 0.25) is 0 Å². The highest BCUT2D eigenvalue weighted by Crippen LogP contribution is 2.59. The van der Waals surface area contributed by atoms with Crippen LogP contribution in [0.4, 0.5) is 0 Å². The van der Waals surface area contributed by atoms with Crippen molar-refractivity contribution in [1.82, 2.24) is 0 Å². The maximum atomic E-state index is 2.48. The van der Waals surface area contributed by atoms with Crippen LogP contribution in [0.1, 0.15) is 44.5 Å². The van der Waals surface area contributed by atoms with Gasteiger partial charge in [0, 0.05) is 0 Å². The molecule has 234 valence electrons. The molecule has 0 bridgehead atoms. The SMILES string of the molecule is c1ccc(C2(c3ccccc3)c3ccccc3-c3ccc(-c4ccc5c(c4)C(c4ccccc4)(c4ccccc4)c4ccccc4-5)cc32)cc1. The first kappa shape index (κ1) is 28.7. The van der Waals surface area contributed by atoms with Crippen LogP contribution in [0, 0.1) is 0 Å². The Labute approximate surface area is 294 Å². The molecule has 0 heteroatoms. The first-order valence-corrected chi connectivity index (χ1v) is 17.5. The summed E-state index contributed by atoms with van der Waals surface area (Å²) < 4.78 is 0. The molecular formula is C50H34. The standard InChI is InChI=1S/C50H34/c1-5-17-37(18-6-1)49(38-19-7-2-8-20-38)45-27-15-13-25-41(45)43-31-29-35(33-47(43)49)36-30-32-44-42-26-14-16-28-46(42)50(48(44)34-36,39-21-9-3-10-22-39)40-23-11-4-12-24-40/h1-34H. The first-order chi connectivity index (χ1) is 24.8. The highest BCUT2D eigenvalue weighted by Gasteiger charge is 2.47. The van der Waals surface area contributed by atoms with Gasteiger partial charge >= 0.3 is 0 Å². The Morgan fingerprint density at radius 1 is 0.220 bits per heavy atom. The van der Waals surface area contributed by atoms with Crippen LogP contribution in [-0.2, 0) is 10.8 Å². The van der Waals surface area contributed by atoms with Gasteiger partial charge in [-0.1, -0.05) is 194 Å². The van der Waals surface area contributed by atoms with E-state index in [9.17, 15) is 0 Å². The van der Waals surface area contributed by atoms with Gasteiger partial charge in [0.25, 0.3) is 0 Å². The van der Waals surface area contributed by atoms with E-state index in [1.54, 1.807) is 0 Å². The average molecular weight is 635 g/mol. The predicted octanol–water partition coefficient (Wildman–Crippen LogP) is 12.1. The topological polar surface area (TPSA) is 0 Å². The fraction of sp³-hybridized carbons (Fsp3) is 0.0400. The molecule has 2 aliphatic rings. The van der Waals surface area contributed by atoms with Crippen molar-refractivity contribution in [2.24, 2.45) is 0 Å². The van der Waals surface area contributed by atoms with E-state index < -0.39 is 10.8 Å². The molecule has 0 aromatic heterocycles. The maximum absolute atomic E-state index is 2.48. The predicted molar refractivity (Wildman–Crippen MR) is 206 cm³/mol. The Bertz CT molecular complexity index is 2250. The van der Waals surface area contributed by atoms with Gasteiger partial charge in [0.1, 0.15) is 0 Å². The second-order valence-electron chi connectivity index (χ2n) is 13.6. The second-order valence-corrected chi connectivity index (χ2v) is 13.6. The summed E-state index contributed by atoms with van der Waals surface area (Å²) in [5.41, 5.74) is 17.2. The summed E-state index contributed by atoms with van der Waals surface area (Å²) in [6.45, 7) is 0. The van der Waals surface area contributed by atoms with E-state index in [2.05, 4.69) is 206 Å². The first-order valence-electron chi connectivity index (χ1n) is 17.5. The monoisotopic (exact) mass is 634 g/mol. The second kappa shape index (κ2) is 11.2. The van der Waals surface area contributed by atoms with Crippen LogP contribution in [0.15, 0.2) is 206 Å². The third-order valence-electron chi connectivity index (χ3n) is 11.3. The minimum atomic E-state index is -0.435. The summed E-state index contributed by atoms with van der Waals surface area (Å²) in [6.07, 6.45) is 0. The molecule has 0 aliphatic heterocycles. The Kier molecular flexibility index (Phi) is 6.41. The zero-order chi connectivity index (χ0) is 33.1. The Morgan fingerprint density at radius 2 is 0.500 bits per heavy atom. The molecule has 0 saturated carbocycles. The molecular weight excluding hydrogens is 601 g/mol. The number of rotatable bonds is 5. The van der Waals surface area contributed by atoms with Gasteiger partial charge in [-0.3, -0.25) is 0 Å². The van der Waals surface area contributed by atoms with Gasteiger partial charge in [-0.05, 0) is 90.0 Å². The zero-order valence-electron chi connectivity index (χ0n) is 27.6. The van der Waals surface area contributed by atoms with Gasteiger partial charge in [0.15, 0.2) is 0 Å². The van der Waals surface area contributed by atoms with E-state index >= 15 is 0 Å². The number of fused-ring (bicyclic) bond motifs is 6. The van der Waals surface area contributed by atoms with E-state index in [1.165, 1.54) is 77.9 Å². The summed E-state index contributed by atoms with van der Waals surface area (Å²) in [5, 5.41) is 0. The Morgan fingerprint density at radius 3 is 0.840 bits per heavy atom. The van der Waals surface area contributed by atoms with E-state index in [1.807, 2.05) is 0 Å². The van der Waals surface area contributed by atoms with Crippen molar-refractivity contribution in [2.45, 2.75) is 10.8 Å². The van der Waals surface area contributed by atoms with Gasteiger partial charge in [0.05, 0.1) is 10.8 Å². The number of benzene rings is 8. The molecule has 0 fully saturated rings. The van der Waals surface area contributed by atoms with Crippen molar-refractivity contribution in [3.05, 3.63) is 251 Å². The van der Waals surface area contributed by atoms with Gasteiger partial charge in [0.2, 0.25) is 0 Å². The van der Waals surface area contributed by atoms with E-state index in [-0.39, 0.29) is 0 Å². The third-order valence-corrected chi connectivity index (χ3v) is 11.3. The van der Waals surface area contributed by atoms with Crippen LogP contribution in [0.25, 0.3) is 33.4 Å². The molecule has 0 radical (unpaired) electrons. The molecule has 0 spiro atoms. The fourth-order valence-electron chi connectivity index (χ4n) is 9.25. The van der Waals surface area contributed by atoms with Gasteiger partial charge in [-0.2, -0.15) is 0 Å². The van der Waals surface area contributed by atoms with Crippen LogP contribution in [0.5, 0.6) is 0 Å². The summed E-state index contributed by atoms with van der Waals surface area (Å²) in [5.74, 6) is 0. The van der Waals surface area contributed by atoms with E-state index in [4.69, 9.17) is 0 Å². The van der Waals surface area contributed by atoms with Crippen molar-refractivity contribution in [3.63, 3.8) is 0 Å². The molecule has 0 heterocycles. The molecule has 0 atom stereocenters. The summed E-state index contributed by atoms with van der Waals surface area (Å²) >= 11 is 0. The highest BCUT2D eigenvalue weighted by molar-refractivity contribution is 5.91. The Balaban J connectivity index is 1.25. The lowest BCUT2D eigenvalue weighted by atomic mass is 9.67. The van der Waals surface area contributed by atoms with Crippen LogP contribution in [0.3, 0.4) is 0 Å². The summed E-state index contributed by atoms with van der Waals surface area (Å²) in [6, 6.07) is 76.6. The number of hydrogen-bond acceptors (Lipinski definition) is 0. The maximum Gasteiger partial charge on any atom is 0.0713 e. The average Bonchev–Trinajstić information content (AvgIpc) is 3.67. The third kappa shape index (κ3) is 3.88. The lowest BCUT2D eigenvalue weighted by Gasteiger charge is -2.34. The lowest BCUT2D eigenvalue weighted by Crippen LogP contribution is -2.28. The fourth-order valence-corrected chi connectivity index (χ4v) is 9.25. The summed E-state index contributed by atoms with van der Waals surface area (Å²) in [7, 11) is 0. The lowest BCUT2D eigenvalue weighted by molar-refractivity contribution is 0.767. The minimum absolute atomic E-state index is 0.435. The zero-order valence-corrected chi connectivity index (χ0v) is 27.6. The summed E-state index contributed by atoms with van der Waals surface area (Å²) in [4.78, 5) is 0. The van der Waals surface area contributed by atoms with Gasteiger partial charge < -0.3 is 0 Å². The molecule has 8 aromatic rings. The molecule has 50 heavy (non-hydrogen) atoms. The quantitative estimate of drug-likeness (QED) is 0.177. The van der Waals surface area contributed by atoms with Gasteiger partial charge in [-0.15, -0.1) is 0 Å². The molecule has 0 amide bonds. The van der Waals surface area contributed by atoms with Crippen molar-refractivity contribution in [3.8, 4) is 33.4 Å². The van der Waals surface area contributed by atoms with Crippen LogP contribution < -0.4 is 0 Å². The Hall–Kier alpha value is -6.24. The molecule has 10 rings (SSSR count). The molecule has 0 nitrogen and oxygen atoms in total. The highest BCUT2D eigenvalue weighted by atomic mass is 14.5. The normalized spacial score (nSPS) is 14.3. The molecule has 0 saturated heterocycles. The minimum Gasteiger partial charge on any atom is -0.0622 e. The number of hydrogen-bond donors (Lipinski definition) is 0. The molecule has 0 unspecified atom stereocenters.